The zero-order chi connectivity index (χ0) is 14.0. The molecular formula is C8H8N4O6. The molecule has 0 N–H and O–H groups in total. The van der Waals surface area contributed by atoms with Gasteiger partial charge >= 0.3 is 11.4 Å². The van der Waals surface area contributed by atoms with Gasteiger partial charge in [0, 0.05) is 14.1 Å². The van der Waals surface area contributed by atoms with Crippen LogP contribution in [-0.4, -0.2) is 28.9 Å². The topological polar surface area (TPSA) is 133 Å². The Bertz CT molecular complexity index is 505. The van der Waals surface area contributed by atoms with E-state index in [4.69, 9.17) is 0 Å². The lowest BCUT2D eigenvalue weighted by Gasteiger charge is -2.12. The van der Waals surface area contributed by atoms with Crippen LogP contribution in [0.5, 0.6) is 0 Å². The molecule has 0 aliphatic rings. The maximum atomic E-state index is 10.8. The number of anilines is 1. The van der Waals surface area contributed by atoms with Crippen molar-refractivity contribution in [1.29, 1.82) is 0 Å². The first-order valence-electron chi connectivity index (χ1n) is 4.54. The number of nitro groups is 3. The predicted octanol–water partition coefficient (Wildman–Crippen LogP) is 1.48. The number of benzene rings is 1. The van der Waals surface area contributed by atoms with Gasteiger partial charge in [-0.15, -0.1) is 0 Å². The normalized spacial score (nSPS) is 9.89. The molecule has 1 aromatic rings. The molecule has 0 aliphatic heterocycles. The standard InChI is InChI=1S/C8H8N4O6/c1-9(2)8-6(11(15)16)3-5(10(13)14)4-7(8)12(17)18/h3-4H,1-2H3. The molecule has 10 nitrogen and oxygen atoms in total. The molecule has 1 rings (SSSR count). The highest BCUT2D eigenvalue weighted by molar-refractivity contribution is 5.77. The highest BCUT2D eigenvalue weighted by Gasteiger charge is 2.31. The summed E-state index contributed by atoms with van der Waals surface area (Å²) in [6.07, 6.45) is 0. The van der Waals surface area contributed by atoms with Gasteiger partial charge in [0.05, 0.1) is 26.9 Å². The van der Waals surface area contributed by atoms with Crippen LogP contribution in [0.15, 0.2) is 12.1 Å². The smallest absolute Gasteiger partial charge is 0.306 e. The molecule has 0 amide bonds. The van der Waals surface area contributed by atoms with Crippen LogP contribution in [0.3, 0.4) is 0 Å². The third-order valence-corrected chi connectivity index (χ3v) is 2.11. The minimum absolute atomic E-state index is 0.282. The average Bonchev–Trinajstić information content (AvgIpc) is 2.26. The van der Waals surface area contributed by atoms with Crippen LogP contribution in [0.2, 0.25) is 0 Å². The molecule has 1 aromatic carbocycles. The SMILES string of the molecule is CN(C)c1c([N+](=O)[O-])cc([N+](=O)[O-])cc1[N+](=O)[O-]. The second kappa shape index (κ2) is 4.61. The summed E-state index contributed by atoms with van der Waals surface area (Å²) >= 11 is 0. The molecule has 0 atom stereocenters. The van der Waals surface area contributed by atoms with Crippen LogP contribution in [0, 0.1) is 30.3 Å². The molecule has 0 radical (unpaired) electrons. The zero-order valence-electron chi connectivity index (χ0n) is 9.39. The Kier molecular flexibility index (Phi) is 3.40. The number of nitro benzene ring substituents is 3. The summed E-state index contributed by atoms with van der Waals surface area (Å²) in [6.45, 7) is 0. The predicted molar refractivity (Wildman–Crippen MR) is 60.7 cm³/mol. The van der Waals surface area contributed by atoms with Gasteiger partial charge < -0.3 is 4.90 Å². The van der Waals surface area contributed by atoms with Gasteiger partial charge in [-0.2, -0.15) is 0 Å². The molecule has 0 unspecified atom stereocenters. The molecule has 0 heterocycles. The first kappa shape index (κ1) is 13.3. The van der Waals surface area contributed by atoms with Gasteiger partial charge in [0.25, 0.3) is 5.69 Å². The molecular weight excluding hydrogens is 248 g/mol. The highest BCUT2D eigenvalue weighted by Crippen LogP contribution is 2.39. The van der Waals surface area contributed by atoms with E-state index in [1.165, 1.54) is 19.0 Å². The lowest BCUT2D eigenvalue weighted by atomic mass is 10.2. The largest absolute Gasteiger partial charge is 0.366 e. The molecule has 0 fully saturated rings. The summed E-state index contributed by atoms with van der Waals surface area (Å²) in [5.41, 5.74) is -2.34. The van der Waals surface area contributed by atoms with Crippen LogP contribution >= 0.6 is 0 Å². The molecule has 0 aliphatic carbocycles. The summed E-state index contributed by atoms with van der Waals surface area (Å²) in [4.78, 5) is 30.7. The summed E-state index contributed by atoms with van der Waals surface area (Å²) < 4.78 is 0. The molecule has 18 heavy (non-hydrogen) atoms. The Labute approximate surface area is 99.9 Å². The van der Waals surface area contributed by atoms with E-state index >= 15 is 0 Å². The molecule has 0 bridgehead atoms. The van der Waals surface area contributed by atoms with E-state index in [1.54, 1.807) is 0 Å². The minimum atomic E-state index is -0.917. The maximum Gasteiger partial charge on any atom is 0.306 e. The lowest BCUT2D eigenvalue weighted by Crippen LogP contribution is -2.13. The van der Waals surface area contributed by atoms with Crippen molar-refractivity contribution in [3.05, 3.63) is 42.5 Å². The van der Waals surface area contributed by atoms with E-state index in [1.807, 2.05) is 0 Å². The van der Waals surface area contributed by atoms with Crippen molar-refractivity contribution in [2.75, 3.05) is 19.0 Å². The van der Waals surface area contributed by atoms with Crippen molar-refractivity contribution in [2.45, 2.75) is 0 Å². The first-order valence-corrected chi connectivity index (χ1v) is 4.54. The Morgan fingerprint density at radius 3 is 1.50 bits per heavy atom. The molecule has 0 aromatic heterocycles. The van der Waals surface area contributed by atoms with Gasteiger partial charge in [0.15, 0.2) is 5.69 Å². The van der Waals surface area contributed by atoms with Gasteiger partial charge in [0.2, 0.25) is 0 Å². The Balaban J connectivity index is 3.71. The van der Waals surface area contributed by atoms with Crippen LogP contribution < -0.4 is 4.90 Å². The zero-order valence-corrected chi connectivity index (χ0v) is 9.39. The molecule has 0 spiro atoms. The maximum absolute atomic E-state index is 10.8. The third kappa shape index (κ3) is 2.31. The van der Waals surface area contributed by atoms with Crippen LogP contribution in [0.1, 0.15) is 0 Å². The van der Waals surface area contributed by atoms with E-state index in [0.29, 0.717) is 12.1 Å². The Morgan fingerprint density at radius 1 is 0.889 bits per heavy atom. The van der Waals surface area contributed by atoms with Crippen molar-refractivity contribution >= 4 is 22.7 Å². The van der Waals surface area contributed by atoms with E-state index in [9.17, 15) is 30.3 Å². The third-order valence-electron chi connectivity index (χ3n) is 2.11. The van der Waals surface area contributed by atoms with E-state index < -0.39 is 31.8 Å². The summed E-state index contributed by atoms with van der Waals surface area (Å²) in [7, 11) is 2.75. The molecule has 0 saturated carbocycles. The average molecular weight is 256 g/mol. The van der Waals surface area contributed by atoms with Crippen LogP contribution in [-0.2, 0) is 0 Å². The lowest BCUT2D eigenvalue weighted by molar-refractivity contribution is -0.402. The highest BCUT2D eigenvalue weighted by atomic mass is 16.6. The van der Waals surface area contributed by atoms with E-state index in [-0.39, 0.29) is 5.69 Å². The minimum Gasteiger partial charge on any atom is -0.366 e. The Hall–Kier alpha value is -2.78. The summed E-state index contributed by atoms with van der Waals surface area (Å²) in [5, 5.41) is 32.2. The summed E-state index contributed by atoms with van der Waals surface area (Å²) in [5.74, 6) is 0. The quantitative estimate of drug-likeness (QED) is 0.588. The Morgan fingerprint density at radius 2 is 1.28 bits per heavy atom. The second-order valence-electron chi connectivity index (χ2n) is 3.50. The molecule has 0 saturated heterocycles. The van der Waals surface area contributed by atoms with Crippen molar-refractivity contribution in [3.8, 4) is 0 Å². The van der Waals surface area contributed by atoms with E-state index in [0.717, 1.165) is 0 Å². The van der Waals surface area contributed by atoms with Gasteiger partial charge in [-0.1, -0.05) is 0 Å². The number of rotatable bonds is 4. The number of hydrogen-bond acceptors (Lipinski definition) is 7. The van der Waals surface area contributed by atoms with Gasteiger partial charge in [-0.25, -0.2) is 0 Å². The fourth-order valence-electron chi connectivity index (χ4n) is 1.43. The van der Waals surface area contributed by atoms with Crippen molar-refractivity contribution in [3.63, 3.8) is 0 Å². The van der Waals surface area contributed by atoms with Gasteiger partial charge in [-0.05, 0) is 0 Å². The fourth-order valence-corrected chi connectivity index (χ4v) is 1.43. The van der Waals surface area contributed by atoms with Crippen molar-refractivity contribution < 1.29 is 14.8 Å². The number of hydrogen-bond donors (Lipinski definition) is 0. The fraction of sp³-hybridized carbons (Fsp3) is 0.250. The second-order valence-corrected chi connectivity index (χ2v) is 3.50. The van der Waals surface area contributed by atoms with Gasteiger partial charge in [0.1, 0.15) is 0 Å². The first-order chi connectivity index (χ1) is 8.25. The number of nitrogens with zero attached hydrogens (tertiary/aromatic N) is 4. The molecule has 96 valence electrons. The number of non-ortho nitro benzene ring substituents is 1. The van der Waals surface area contributed by atoms with Crippen LogP contribution in [0.4, 0.5) is 22.7 Å². The van der Waals surface area contributed by atoms with E-state index in [2.05, 4.69) is 0 Å². The van der Waals surface area contributed by atoms with Crippen molar-refractivity contribution in [2.24, 2.45) is 0 Å². The monoisotopic (exact) mass is 256 g/mol. The summed E-state index contributed by atoms with van der Waals surface area (Å²) in [6, 6.07) is 1.39. The van der Waals surface area contributed by atoms with Gasteiger partial charge in [-0.3, -0.25) is 30.3 Å². The van der Waals surface area contributed by atoms with Crippen molar-refractivity contribution in [1.82, 2.24) is 0 Å². The molecule has 10 heteroatoms. The van der Waals surface area contributed by atoms with Crippen LogP contribution in [0.25, 0.3) is 0 Å².